The molecule has 100 valence electrons. The van der Waals surface area contributed by atoms with Gasteiger partial charge in [0.15, 0.2) is 0 Å². The Balaban J connectivity index is 2.36. The molecular weight excluding hydrogens is 220 g/mol. The molecule has 0 spiro atoms. The van der Waals surface area contributed by atoms with Crippen molar-refractivity contribution in [2.45, 2.75) is 38.3 Å². The van der Waals surface area contributed by atoms with Crippen LogP contribution in [-0.4, -0.2) is 44.4 Å². The maximum absolute atomic E-state index is 11.9. The molecule has 1 unspecified atom stereocenters. The number of carbonyl (C=O) groups excluding carboxylic acids is 1. The fourth-order valence-electron chi connectivity index (χ4n) is 1.78. The van der Waals surface area contributed by atoms with Crippen LogP contribution in [0.4, 0.5) is 0 Å². The Morgan fingerprint density at radius 1 is 1.53 bits per heavy atom. The zero-order chi connectivity index (χ0) is 12.9. The fourth-order valence-corrected chi connectivity index (χ4v) is 1.78. The molecule has 1 rings (SSSR count). The third kappa shape index (κ3) is 4.61. The van der Waals surface area contributed by atoms with Gasteiger partial charge in [-0.3, -0.25) is 4.79 Å². The molecule has 1 saturated heterocycles. The lowest BCUT2D eigenvalue weighted by Gasteiger charge is -2.28. The lowest BCUT2D eigenvalue weighted by molar-refractivity contribution is -0.125. The molecule has 0 aliphatic carbocycles. The maximum atomic E-state index is 11.9. The van der Waals surface area contributed by atoms with Gasteiger partial charge in [0.1, 0.15) is 0 Å². The highest BCUT2D eigenvalue weighted by atomic mass is 16.5. The number of carbonyl (C=O) groups is 1. The van der Waals surface area contributed by atoms with Crippen LogP contribution in [-0.2, 0) is 14.3 Å². The summed E-state index contributed by atoms with van der Waals surface area (Å²) in [7, 11) is 1.63. The molecule has 1 amide bonds. The van der Waals surface area contributed by atoms with E-state index in [4.69, 9.17) is 15.2 Å². The van der Waals surface area contributed by atoms with Gasteiger partial charge < -0.3 is 20.5 Å². The molecule has 0 saturated carbocycles. The molecule has 0 radical (unpaired) electrons. The Hall–Kier alpha value is -0.650. The first-order valence-electron chi connectivity index (χ1n) is 6.12. The van der Waals surface area contributed by atoms with Crippen LogP contribution in [0.2, 0.25) is 0 Å². The van der Waals surface area contributed by atoms with Gasteiger partial charge in [0.05, 0.1) is 11.6 Å². The zero-order valence-electron chi connectivity index (χ0n) is 11.0. The van der Waals surface area contributed by atoms with Crippen LogP contribution in [0.3, 0.4) is 0 Å². The summed E-state index contributed by atoms with van der Waals surface area (Å²) in [6.45, 7) is 5.73. The molecule has 0 aromatic carbocycles. The summed E-state index contributed by atoms with van der Waals surface area (Å²) in [5, 5.41) is 2.84. The molecule has 1 heterocycles. The second kappa shape index (κ2) is 6.33. The van der Waals surface area contributed by atoms with Crippen molar-refractivity contribution in [2.24, 2.45) is 11.7 Å². The summed E-state index contributed by atoms with van der Waals surface area (Å²) in [6, 6.07) is -0.438. The number of rotatable bonds is 5. The zero-order valence-corrected chi connectivity index (χ0v) is 11.0. The van der Waals surface area contributed by atoms with E-state index in [-0.39, 0.29) is 17.4 Å². The quantitative estimate of drug-likeness (QED) is 0.728. The maximum Gasteiger partial charge on any atom is 0.237 e. The van der Waals surface area contributed by atoms with E-state index in [9.17, 15) is 4.79 Å². The molecule has 0 bridgehead atoms. The average Bonchev–Trinajstić information content (AvgIpc) is 2.36. The van der Waals surface area contributed by atoms with Crippen molar-refractivity contribution in [3.8, 4) is 0 Å². The summed E-state index contributed by atoms with van der Waals surface area (Å²) in [6.07, 6.45) is 1.73. The molecule has 3 N–H and O–H groups in total. The first-order valence-corrected chi connectivity index (χ1v) is 6.12. The number of amides is 1. The Kier molecular flexibility index (Phi) is 5.36. The van der Waals surface area contributed by atoms with Crippen LogP contribution in [0.15, 0.2) is 0 Å². The molecule has 5 nitrogen and oxygen atoms in total. The number of methoxy groups -OCH3 is 1. The van der Waals surface area contributed by atoms with Gasteiger partial charge in [-0.25, -0.2) is 0 Å². The van der Waals surface area contributed by atoms with Gasteiger partial charge in [-0.15, -0.1) is 0 Å². The molecule has 1 fully saturated rings. The van der Waals surface area contributed by atoms with E-state index < -0.39 is 6.04 Å². The largest absolute Gasteiger partial charge is 0.381 e. The van der Waals surface area contributed by atoms with Crippen molar-refractivity contribution >= 4 is 5.91 Å². The van der Waals surface area contributed by atoms with Crippen LogP contribution < -0.4 is 11.1 Å². The van der Waals surface area contributed by atoms with Crippen molar-refractivity contribution in [1.29, 1.82) is 0 Å². The fraction of sp³-hybridized carbons (Fsp3) is 0.917. The first-order chi connectivity index (χ1) is 7.96. The Bertz CT molecular complexity index is 250. The van der Waals surface area contributed by atoms with Gasteiger partial charge in [-0.05, 0) is 32.6 Å². The van der Waals surface area contributed by atoms with Gasteiger partial charge in [0.25, 0.3) is 0 Å². The topological polar surface area (TPSA) is 73.6 Å². The van der Waals surface area contributed by atoms with E-state index >= 15 is 0 Å². The number of ether oxygens (including phenoxy) is 2. The molecule has 0 aromatic rings. The minimum atomic E-state index is -0.438. The summed E-state index contributed by atoms with van der Waals surface area (Å²) < 4.78 is 10.5. The van der Waals surface area contributed by atoms with Crippen molar-refractivity contribution in [3.63, 3.8) is 0 Å². The Morgan fingerprint density at radius 3 is 2.65 bits per heavy atom. The van der Waals surface area contributed by atoms with Crippen LogP contribution >= 0.6 is 0 Å². The summed E-state index contributed by atoms with van der Waals surface area (Å²) >= 11 is 0. The highest BCUT2D eigenvalue weighted by molar-refractivity contribution is 5.81. The molecule has 1 aliphatic rings. The number of nitrogens with one attached hydrogen (secondary N) is 1. The number of hydrogen-bond acceptors (Lipinski definition) is 4. The lowest BCUT2D eigenvalue weighted by atomic mass is 9.92. The van der Waals surface area contributed by atoms with Crippen molar-refractivity contribution in [2.75, 3.05) is 26.9 Å². The highest BCUT2D eigenvalue weighted by Crippen LogP contribution is 2.17. The van der Waals surface area contributed by atoms with Crippen molar-refractivity contribution < 1.29 is 14.3 Å². The van der Waals surface area contributed by atoms with E-state index in [1.165, 1.54) is 0 Å². The summed E-state index contributed by atoms with van der Waals surface area (Å²) in [5.41, 5.74) is 5.60. The minimum Gasteiger partial charge on any atom is -0.381 e. The van der Waals surface area contributed by atoms with Crippen LogP contribution in [0.25, 0.3) is 0 Å². The predicted octanol–water partition coefficient (Wildman–Crippen LogP) is 0.282. The molecule has 0 aromatic heterocycles. The Labute approximate surface area is 103 Å². The standard InChI is InChI=1S/C12H24N2O3/c1-12(2,16-3)8-14-11(15)10(13)9-4-6-17-7-5-9/h9-10H,4-8,13H2,1-3H3,(H,14,15). The second-order valence-electron chi connectivity index (χ2n) is 5.16. The van der Waals surface area contributed by atoms with Crippen LogP contribution in [0.1, 0.15) is 26.7 Å². The molecule has 5 heteroatoms. The SMILES string of the molecule is COC(C)(C)CNC(=O)C(N)C1CCOCC1. The minimum absolute atomic E-state index is 0.0953. The van der Waals surface area contributed by atoms with Gasteiger partial charge >= 0.3 is 0 Å². The average molecular weight is 244 g/mol. The Morgan fingerprint density at radius 2 is 2.12 bits per heavy atom. The second-order valence-corrected chi connectivity index (χ2v) is 5.16. The first kappa shape index (κ1) is 14.4. The van der Waals surface area contributed by atoms with Gasteiger partial charge in [0.2, 0.25) is 5.91 Å². The molecule has 1 aliphatic heterocycles. The van der Waals surface area contributed by atoms with E-state index in [1.807, 2.05) is 13.8 Å². The van der Waals surface area contributed by atoms with Crippen molar-refractivity contribution in [3.05, 3.63) is 0 Å². The van der Waals surface area contributed by atoms with Crippen molar-refractivity contribution in [1.82, 2.24) is 5.32 Å². The van der Waals surface area contributed by atoms with Crippen LogP contribution in [0.5, 0.6) is 0 Å². The third-order valence-electron chi connectivity index (χ3n) is 3.32. The third-order valence-corrected chi connectivity index (χ3v) is 3.32. The normalized spacial score (nSPS) is 20.0. The highest BCUT2D eigenvalue weighted by Gasteiger charge is 2.27. The van der Waals surface area contributed by atoms with E-state index in [0.717, 1.165) is 12.8 Å². The summed E-state index contributed by atoms with van der Waals surface area (Å²) in [5.74, 6) is 0.136. The van der Waals surface area contributed by atoms with E-state index in [0.29, 0.717) is 19.8 Å². The lowest BCUT2D eigenvalue weighted by Crippen LogP contribution is -2.50. The monoisotopic (exact) mass is 244 g/mol. The van der Waals surface area contributed by atoms with E-state index in [2.05, 4.69) is 5.32 Å². The van der Waals surface area contributed by atoms with E-state index in [1.54, 1.807) is 7.11 Å². The van der Waals surface area contributed by atoms with Gasteiger partial charge in [0, 0.05) is 26.9 Å². The number of nitrogens with two attached hydrogens (primary N) is 1. The van der Waals surface area contributed by atoms with Gasteiger partial charge in [-0.1, -0.05) is 0 Å². The predicted molar refractivity (Wildman–Crippen MR) is 65.6 cm³/mol. The molecule has 17 heavy (non-hydrogen) atoms. The van der Waals surface area contributed by atoms with Gasteiger partial charge in [-0.2, -0.15) is 0 Å². The van der Waals surface area contributed by atoms with Crippen LogP contribution in [0, 0.1) is 5.92 Å². The summed E-state index contributed by atoms with van der Waals surface area (Å²) in [4.78, 5) is 11.9. The smallest absolute Gasteiger partial charge is 0.237 e. The molecule has 1 atom stereocenters. The number of hydrogen-bond donors (Lipinski definition) is 2. The molecular formula is C12H24N2O3.